The van der Waals surface area contributed by atoms with E-state index in [2.05, 4.69) is 31.4 Å². The second-order valence-electron chi connectivity index (χ2n) is 3.67. The Kier molecular flexibility index (Phi) is 3.91. The van der Waals surface area contributed by atoms with Crippen molar-refractivity contribution in [2.24, 2.45) is 0 Å². The number of benzene rings is 1. The van der Waals surface area contributed by atoms with Crippen LogP contribution in [0, 0.1) is 5.82 Å². The molecule has 1 aromatic carbocycles. The number of nitrogens with one attached hydrogen (secondary N) is 2. The van der Waals surface area contributed by atoms with E-state index < -0.39 is 0 Å². The molecule has 0 spiro atoms. The third-order valence-electron chi connectivity index (χ3n) is 2.48. The Bertz CT molecular complexity index is 510. The summed E-state index contributed by atoms with van der Waals surface area (Å²) in [6, 6.07) is 4.87. The van der Waals surface area contributed by atoms with E-state index in [0.717, 1.165) is 22.3 Å². The van der Waals surface area contributed by atoms with Gasteiger partial charge in [-0.05, 0) is 24.7 Å². The fraction of sp³-hybridized carbons (Fsp3) is 0.250. The number of rotatable bonds is 4. The molecule has 90 valence electrons. The quantitative estimate of drug-likeness (QED) is 0.910. The van der Waals surface area contributed by atoms with Gasteiger partial charge in [0.05, 0.1) is 11.9 Å². The Hall–Kier alpha value is -1.20. The molecule has 0 saturated carbocycles. The molecule has 0 saturated heterocycles. The molecule has 0 aliphatic heterocycles. The van der Waals surface area contributed by atoms with E-state index in [1.54, 1.807) is 18.3 Å². The highest BCUT2D eigenvalue weighted by molar-refractivity contribution is 9.10. The number of aromatic amines is 1. The van der Waals surface area contributed by atoms with Crippen LogP contribution in [0.4, 0.5) is 4.39 Å². The summed E-state index contributed by atoms with van der Waals surface area (Å²) < 4.78 is 14.6. The standard InChI is InChI=1S/C12H13BrFN3/c1-2-15-6-8-7-16-17-12(8)10-5-9(13)3-4-11(10)14/h3-5,7,15H,2,6H2,1H3,(H,16,17). The van der Waals surface area contributed by atoms with Crippen LogP contribution >= 0.6 is 15.9 Å². The van der Waals surface area contributed by atoms with Crippen LogP contribution in [0.5, 0.6) is 0 Å². The van der Waals surface area contributed by atoms with Gasteiger partial charge in [-0.3, -0.25) is 5.10 Å². The normalized spacial score (nSPS) is 10.8. The van der Waals surface area contributed by atoms with Gasteiger partial charge >= 0.3 is 0 Å². The molecule has 0 unspecified atom stereocenters. The van der Waals surface area contributed by atoms with Gasteiger partial charge in [-0.2, -0.15) is 5.10 Å². The summed E-state index contributed by atoms with van der Waals surface area (Å²) in [7, 11) is 0. The van der Waals surface area contributed by atoms with Crippen molar-refractivity contribution < 1.29 is 4.39 Å². The topological polar surface area (TPSA) is 40.7 Å². The van der Waals surface area contributed by atoms with E-state index >= 15 is 0 Å². The zero-order valence-electron chi connectivity index (χ0n) is 9.43. The summed E-state index contributed by atoms with van der Waals surface area (Å²) >= 11 is 3.34. The lowest BCUT2D eigenvalue weighted by Gasteiger charge is -2.05. The number of aromatic nitrogens is 2. The highest BCUT2D eigenvalue weighted by Crippen LogP contribution is 2.27. The number of nitrogens with zero attached hydrogens (tertiary/aromatic N) is 1. The average molecular weight is 298 g/mol. The molecule has 0 atom stereocenters. The van der Waals surface area contributed by atoms with E-state index in [-0.39, 0.29) is 5.82 Å². The molecule has 0 radical (unpaired) electrons. The highest BCUT2D eigenvalue weighted by atomic mass is 79.9. The first-order chi connectivity index (χ1) is 8.22. The minimum atomic E-state index is -0.254. The van der Waals surface area contributed by atoms with Crippen LogP contribution in [0.2, 0.25) is 0 Å². The van der Waals surface area contributed by atoms with Gasteiger partial charge in [-0.15, -0.1) is 0 Å². The van der Waals surface area contributed by atoms with Gasteiger partial charge in [0, 0.05) is 22.1 Å². The Balaban J connectivity index is 2.38. The second-order valence-corrected chi connectivity index (χ2v) is 4.59. The van der Waals surface area contributed by atoms with Gasteiger partial charge < -0.3 is 5.32 Å². The maximum Gasteiger partial charge on any atom is 0.132 e. The highest BCUT2D eigenvalue weighted by Gasteiger charge is 2.12. The van der Waals surface area contributed by atoms with Crippen molar-refractivity contribution in [3.63, 3.8) is 0 Å². The van der Waals surface area contributed by atoms with Crippen molar-refractivity contribution in [3.05, 3.63) is 40.2 Å². The van der Waals surface area contributed by atoms with E-state index in [1.165, 1.54) is 6.07 Å². The van der Waals surface area contributed by atoms with Crippen LogP contribution in [-0.4, -0.2) is 16.7 Å². The van der Waals surface area contributed by atoms with Crippen LogP contribution in [0.15, 0.2) is 28.9 Å². The van der Waals surface area contributed by atoms with Crippen LogP contribution < -0.4 is 5.32 Å². The lowest BCUT2D eigenvalue weighted by molar-refractivity contribution is 0.629. The maximum absolute atomic E-state index is 13.7. The lowest BCUT2D eigenvalue weighted by atomic mass is 10.1. The zero-order chi connectivity index (χ0) is 12.3. The Labute approximate surface area is 108 Å². The van der Waals surface area contributed by atoms with Crippen molar-refractivity contribution in [1.29, 1.82) is 0 Å². The summed E-state index contributed by atoms with van der Waals surface area (Å²) in [5.74, 6) is -0.254. The van der Waals surface area contributed by atoms with Crippen LogP contribution in [0.1, 0.15) is 12.5 Å². The number of H-pyrrole nitrogens is 1. The molecule has 2 aromatic rings. The average Bonchev–Trinajstić information content (AvgIpc) is 2.77. The van der Waals surface area contributed by atoms with Crippen molar-refractivity contribution in [1.82, 2.24) is 15.5 Å². The SMILES string of the molecule is CCNCc1cn[nH]c1-c1cc(Br)ccc1F. The maximum atomic E-state index is 13.7. The number of hydrogen-bond donors (Lipinski definition) is 2. The predicted octanol–water partition coefficient (Wildman–Crippen LogP) is 3.09. The number of halogens is 2. The summed E-state index contributed by atoms with van der Waals surface area (Å²) in [6.45, 7) is 3.57. The minimum absolute atomic E-state index is 0.254. The summed E-state index contributed by atoms with van der Waals surface area (Å²) in [4.78, 5) is 0. The molecule has 5 heteroatoms. The largest absolute Gasteiger partial charge is 0.313 e. The first-order valence-electron chi connectivity index (χ1n) is 5.40. The number of hydrogen-bond acceptors (Lipinski definition) is 2. The molecular formula is C12H13BrFN3. The summed E-state index contributed by atoms with van der Waals surface area (Å²) in [6.07, 6.45) is 1.72. The van der Waals surface area contributed by atoms with Gasteiger partial charge in [0.1, 0.15) is 5.82 Å². The van der Waals surface area contributed by atoms with E-state index in [1.807, 2.05) is 6.92 Å². The predicted molar refractivity (Wildman–Crippen MR) is 69.1 cm³/mol. The molecule has 17 heavy (non-hydrogen) atoms. The van der Waals surface area contributed by atoms with Crippen LogP contribution in [0.25, 0.3) is 11.3 Å². The molecule has 0 amide bonds. The van der Waals surface area contributed by atoms with Gasteiger partial charge in [-0.25, -0.2) is 4.39 Å². The molecule has 2 rings (SSSR count). The molecule has 2 N–H and O–H groups in total. The molecule has 0 bridgehead atoms. The van der Waals surface area contributed by atoms with E-state index in [4.69, 9.17) is 0 Å². The van der Waals surface area contributed by atoms with Gasteiger partial charge in [0.15, 0.2) is 0 Å². The van der Waals surface area contributed by atoms with Gasteiger partial charge in [0.25, 0.3) is 0 Å². The first-order valence-corrected chi connectivity index (χ1v) is 6.20. The molecular weight excluding hydrogens is 285 g/mol. The monoisotopic (exact) mass is 297 g/mol. The third-order valence-corrected chi connectivity index (χ3v) is 2.97. The smallest absolute Gasteiger partial charge is 0.132 e. The molecule has 1 heterocycles. The fourth-order valence-electron chi connectivity index (χ4n) is 1.63. The van der Waals surface area contributed by atoms with E-state index in [9.17, 15) is 4.39 Å². The zero-order valence-corrected chi connectivity index (χ0v) is 11.0. The molecule has 0 aliphatic carbocycles. The third kappa shape index (κ3) is 2.73. The van der Waals surface area contributed by atoms with Crippen molar-refractivity contribution in [3.8, 4) is 11.3 Å². The second kappa shape index (κ2) is 5.42. The Morgan fingerprint density at radius 3 is 3.06 bits per heavy atom. The Morgan fingerprint density at radius 2 is 2.29 bits per heavy atom. The van der Waals surface area contributed by atoms with Crippen LogP contribution in [0.3, 0.4) is 0 Å². The summed E-state index contributed by atoms with van der Waals surface area (Å²) in [5.41, 5.74) is 2.22. The van der Waals surface area contributed by atoms with Crippen molar-refractivity contribution >= 4 is 15.9 Å². The molecule has 0 fully saturated rings. The lowest BCUT2D eigenvalue weighted by Crippen LogP contribution is -2.11. The van der Waals surface area contributed by atoms with Crippen molar-refractivity contribution in [2.45, 2.75) is 13.5 Å². The summed E-state index contributed by atoms with van der Waals surface area (Å²) in [5, 5.41) is 10.0. The van der Waals surface area contributed by atoms with Crippen LogP contribution in [-0.2, 0) is 6.54 Å². The minimum Gasteiger partial charge on any atom is -0.313 e. The molecule has 0 aliphatic rings. The van der Waals surface area contributed by atoms with Gasteiger partial charge in [-0.1, -0.05) is 22.9 Å². The van der Waals surface area contributed by atoms with Gasteiger partial charge in [0.2, 0.25) is 0 Å². The molecule has 1 aromatic heterocycles. The van der Waals surface area contributed by atoms with Crippen molar-refractivity contribution in [2.75, 3.05) is 6.54 Å². The fourth-order valence-corrected chi connectivity index (χ4v) is 1.99. The first kappa shape index (κ1) is 12.3. The van der Waals surface area contributed by atoms with E-state index in [0.29, 0.717) is 12.1 Å². The Morgan fingerprint density at radius 1 is 1.47 bits per heavy atom. The molecule has 3 nitrogen and oxygen atoms in total.